The molecule has 1 fully saturated rings. The zero-order valence-electron chi connectivity index (χ0n) is 19.8. The summed E-state index contributed by atoms with van der Waals surface area (Å²) < 4.78 is 29.9. The van der Waals surface area contributed by atoms with Crippen LogP contribution in [0.25, 0.3) is 0 Å². The molecule has 0 amide bonds. The summed E-state index contributed by atoms with van der Waals surface area (Å²) in [5, 5.41) is 21.2. The summed E-state index contributed by atoms with van der Waals surface area (Å²) in [5.74, 6) is 1.68. The Balaban J connectivity index is 1.18. The highest BCUT2D eigenvalue weighted by molar-refractivity contribution is 5.67. The molecule has 0 radical (unpaired) electrons. The summed E-state index contributed by atoms with van der Waals surface area (Å²) in [6.45, 7) is 2.75. The van der Waals surface area contributed by atoms with Crippen LogP contribution >= 0.6 is 0 Å². The van der Waals surface area contributed by atoms with E-state index in [4.69, 9.17) is 14.2 Å². The van der Waals surface area contributed by atoms with Crippen molar-refractivity contribution in [1.82, 2.24) is 4.90 Å². The van der Waals surface area contributed by atoms with Gasteiger partial charge in [0, 0.05) is 60.7 Å². The molecule has 0 unspecified atom stereocenters. The van der Waals surface area contributed by atoms with Gasteiger partial charge in [-0.25, -0.2) is 0 Å². The third-order valence-electron chi connectivity index (χ3n) is 7.13. The molecular weight excluding hydrogens is 461 g/mol. The van der Waals surface area contributed by atoms with Gasteiger partial charge in [0.05, 0.1) is 12.2 Å². The van der Waals surface area contributed by atoms with Gasteiger partial charge in [-0.3, -0.25) is 9.29 Å². The zero-order chi connectivity index (χ0) is 24.6. The lowest BCUT2D eigenvalue weighted by Crippen LogP contribution is -2.49. The molecular formula is C29H28FNO5. The number of alkyl halides is 1. The number of aliphatic hydroxyl groups excluding tert-OH is 2. The minimum Gasteiger partial charge on any atom is -0.492 e. The van der Waals surface area contributed by atoms with E-state index >= 15 is 0 Å². The Morgan fingerprint density at radius 2 is 1.86 bits per heavy atom. The molecule has 0 bridgehead atoms. The van der Waals surface area contributed by atoms with E-state index in [1.807, 2.05) is 48.6 Å². The lowest BCUT2D eigenvalue weighted by molar-refractivity contribution is 0.0668. The number of benzene rings is 1. The first-order valence-electron chi connectivity index (χ1n) is 12.3. The van der Waals surface area contributed by atoms with Crippen molar-refractivity contribution >= 4 is 0 Å². The van der Waals surface area contributed by atoms with Crippen molar-refractivity contribution in [3.63, 3.8) is 0 Å². The fraction of sp³-hybridized carbons (Fsp3) is 0.310. The van der Waals surface area contributed by atoms with E-state index in [0.29, 0.717) is 35.7 Å². The van der Waals surface area contributed by atoms with Gasteiger partial charge in [0.2, 0.25) is 0 Å². The van der Waals surface area contributed by atoms with Gasteiger partial charge in [-0.05, 0) is 30.2 Å². The highest BCUT2D eigenvalue weighted by Crippen LogP contribution is 2.44. The maximum atomic E-state index is 12.6. The molecule has 0 aromatic heterocycles. The SMILES string of the molecule is OC1=CC2=C3C=C[C@@H](c4ccc(OCCN5CC(CF)C5)cc4)C=C3OC(O)=C2C2=C(CCC=C2)O1. The molecule has 36 heavy (non-hydrogen) atoms. The second-order valence-electron chi connectivity index (χ2n) is 9.59. The van der Waals surface area contributed by atoms with Gasteiger partial charge in [0.1, 0.15) is 23.9 Å². The predicted octanol–water partition coefficient (Wildman–Crippen LogP) is 5.63. The van der Waals surface area contributed by atoms with E-state index in [2.05, 4.69) is 11.0 Å². The van der Waals surface area contributed by atoms with Gasteiger partial charge < -0.3 is 24.4 Å². The molecule has 6 nitrogen and oxygen atoms in total. The van der Waals surface area contributed by atoms with E-state index in [1.165, 1.54) is 6.08 Å². The van der Waals surface area contributed by atoms with Gasteiger partial charge in [-0.15, -0.1) is 0 Å². The van der Waals surface area contributed by atoms with E-state index in [0.717, 1.165) is 48.5 Å². The number of hydrogen-bond acceptors (Lipinski definition) is 6. The Morgan fingerprint density at radius 1 is 1.03 bits per heavy atom. The molecule has 1 atom stereocenters. The number of fused-ring (bicyclic) bond motifs is 3. The molecule has 3 aliphatic heterocycles. The average Bonchev–Trinajstić information content (AvgIpc) is 3.01. The topological polar surface area (TPSA) is 71.4 Å². The molecule has 1 aromatic rings. The normalized spacial score (nSPS) is 23.5. The third kappa shape index (κ3) is 4.24. The molecule has 186 valence electrons. The summed E-state index contributed by atoms with van der Waals surface area (Å²) in [5.41, 5.74) is 3.76. The molecule has 2 aliphatic carbocycles. The summed E-state index contributed by atoms with van der Waals surface area (Å²) >= 11 is 0. The van der Waals surface area contributed by atoms with Gasteiger partial charge in [-0.1, -0.05) is 36.4 Å². The Kier molecular flexibility index (Phi) is 5.93. The monoisotopic (exact) mass is 489 g/mol. The number of allylic oxidation sites excluding steroid dienone is 10. The van der Waals surface area contributed by atoms with Crippen molar-refractivity contribution in [3.05, 3.63) is 112 Å². The minimum absolute atomic E-state index is 0.0459. The Bertz CT molecular complexity index is 1270. The van der Waals surface area contributed by atoms with Gasteiger partial charge >= 0.3 is 0 Å². The number of hydrogen-bond donors (Lipinski definition) is 2. The molecule has 0 saturated carbocycles. The van der Waals surface area contributed by atoms with Crippen molar-refractivity contribution in [2.24, 2.45) is 5.92 Å². The summed E-state index contributed by atoms with van der Waals surface area (Å²) in [6.07, 6.45) is 12.9. The lowest BCUT2D eigenvalue weighted by Gasteiger charge is -2.37. The predicted molar refractivity (Wildman–Crippen MR) is 133 cm³/mol. The Hall–Kier alpha value is -3.71. The van der Waals surface area contributed by atoms with Crippen molar-refractivity contribution in [3.8, 4) is 5.75 Å². The van der Waals surface area contributed by atoms with Gasteiger partial charge in [-0.2, -0.15) is 0 Å². The molecule has 6 rings (SSSR count). The number of nitrogens with zero attached hydrogens (tertiary/aromatic N) is 1. The highest BCUT2D eigenvalue weighted by Gasteiger charge is 2.33. The van der Waals surface area contributed by atoms with Crippen molar-refractivity contribution < 1.29 is 28.8 Å². The van der Waals surface area contributed by atoms with Crippen molar-refractivity contribution in [2.75, 3.05) is 32.9 Å². The molecule has 0 spiro atoms. The van der Waals surface area contributed by atoms with Crippen LogP contribution < -0.4 is 4.74 Å². The molecule has 1 saturated heterocycles. The molecule has 2 N–H and O–H groups in total. The fourth-order valence-corrected chi connectivity index (χ4v) is 5.21. The van der Waals surface area contributed by atoms with E-state index in [1.54, 1.807) is 0 Å². The van der Waals surface area contributed by atoms with Crippen LogP contribution in [0.15, 0.2) is 106 Å². The van der Waals surface area contributed by atoms with Crippen LogP contribution in [-0.2, 0) is 9.47 Å². The zero-order valence-corrected chi connectivity index (χ0v) is 19.8. The first kappa shape index (κ1) is 22.7. The van der Waals surface area contributed by atoms with Gasteiger partial charge in [0.15, 0.2) is 0 Å². The quantitative estimate of drug-likeness (QED) is 0.539. The van der Waals surface area contributed by atoms with Gasteiger partial charge in [0.25, 0.3) is 11.9 Å². The molecule has 1 aromatic carbocycles. The van der Waals surface area contributed by atoms with E-state index < -0.39 is 0 Å². The number of halogens is 1. The number of rotatable bonds is 6. The largest absolute Gasteiger partial charge is 0.492 e. The van der Waals surface area contributed by atoms with Crippen LogP contribution in [0.3, 0.4) is 0 Å². The van der Waals surface area contributed by atoms with Crippen molar-refractivity contribution in [1.29, 1.82) is 0 Å². The Morgan fingerprint density at radius 3 is 2.67 bits per heavy atom. The maximum absolute atomic E-state index is 12.6. The second kappa shape index (κ2) is 9.39. The van der Waals surface area contributed by atoms with E-state index in [9.17, 15) is 14.6 Å². The second-order valence-corrected chi connectivity index (χ2v) is 9.59. The maximum Gasteiger partial charge on any atom is 0.291 e. The number of aliphatic hydroxyl groups is 2. The van der Waals surface area contributed by atoms with E-state index in [-0.39, 0.29) is 30.4 Å². The van der Waals surface area contributed by atoms with Crippen LogP contribution in [0.2, 0.25) is 0 Å². The minimum atomic E-state index is -0.241. The number of likely N-dealkylation sites (tertiary alicyclic amines) is 1. The molecule has 7 heteroatoms. The summed E-state index contributed by atoms with van der Waals surface area (Å²) in [7, 11) is 0. The van der Waals surface area contributed by atoms with Crippen LogP contribution in [0.4, 0.5) is 4.39 Å². The average molecular weight is 490 g/mol. The number of ether oxygens (including phenoxy) is 3. The Labute approximate surface area is 209 Å². The smallest absolute Gasteiger partial charge is 0.291 e. The van der Waals surface area contributed by atoms with Crippen molar-refractivity contribution in [2.45, 2.75) is 18.8 Å². The fourth-order valence-electron chi connectivity index (χ4n) is 5.21. The van der Waals surface area contributed by atoms with Crippen LogP contribution in [0.5, 0.6) is 5.75 Å². The van der Waals surface area contributed by atoms with Crippen LogP contribution in [0.1, 0.15) is 24.3 Å². The van der Waals surface area contributed by atoms with Crippen LogP contribution in [-0.4, -0.2) is 48.0 Å². The first-order chi connectivity index (χ1) is 17.6. The highest BCUT2D eigenvalue weighted by atomic mass is 19.1. The molecule has 3 heterocycles. The standard InChI is InChI=1S/C29H28FNO5/c30-15-18-16-31(17-18)11-12-34-21-8-5-19(6-9-21)20-7-10-22-24-14-27(32)35-25-4-2-1-3-23(25)28(24)29(33)36-26(22)13-20/h1,3,5-10,13-14,18,20,32-33H,2,4,11-12,15-17H2/t20-/m1/s1. The van der Waals surface area contributed by atoms with Crippen LogP contribution in [0, 0.1) is 5.92 Å². The first-order valence-corrected chi connectivity index (χ1v) is 12.3. The third-order valence-corrected chi connectivity index (χ3v) is 7.13. The summed E-state index contributed by atoms with van der Waals surface area (Å²) in [4.78, 5) is 2.19. The summed E-state index contributed by atoms with van der Waals surface area (Å²) in [6, 6.07) is 7.92. The molecule has 5 aliphatic rings. The lowest BCUT2D eigenvalue weighted by atomic mass is 9.84.